The molecule has 4 heteroatoms. The molecule has 0 spiro atoms. The SMILES string of the molecule is N#CCCc1cncnc1Cl. The number of nitrogens with zero attached hydrogens (tertiary/aromatic N) is 3. The van der Waals surface area contributed by atoms with E-state index in [4.69, 9.17) is 16.9 Å². The predicted molar refractivity (Wildman–Crippen MR) is 41.0 cm³/mol. The highest BCUT2D eigenvalue weighted by molar-refractivity contribution is 6.30. The van der Waals surface area contributed by atoms with Crippen molar-refractivity contribution in [2.24, 2.45) is 0 Å². The topological polar surface area (TPSA) is 49.6 Å². The standard InChI is InChI=1S/C7H6ClN3/c8-7-6(2-1-3-9)4-10-5-11-7/h4-5H,1-2H2. The second-order valence-electron chi connectivity index (χ2n) is 2.00. The maximum atomic E-state index is 8.28. The summed E-state index contributed by atoms with van der Waals surface area (Å²) in [6.45, 7) is 0. The number of hydrogen-bond acceptors (Lipinski definition) is 3. The van der Waals surface area contributed by atoms with Gasteiger partial charge in [0, 0.05) is 18.2 Å². The lowest BCUT2D eigenvalue weighted by Crippen LogP contribution is -1.89. The number of rotatable bonds is 2. The first-order valence-electron chi connectivity index (χ1n) is 3.16. The number of aromatic nitrogens is 2. The second kappa shape index (κ2) is 3.89. The van der Waals surface area contributed by atoms with E-state index in [9.17, 15) is 0 Å². The first kappa shape index (κ1) is 7.96. The summed E-state index contributed by atoms with van der Waals surface area (Å²) >= 11 is 5.70. The summed E-state index contributed by atoms with van der Waals surface area (Å²) in [4.78, 5) is 7.57. The van der Waals surface area contributed by atoms with Crippen LogP contribution >= 0.6 is 11.6 Å². The average Bonchev–Trinajstić information content (AvgIpc) is 2.03. The minimum Gasteiger partial charge on any atom is -0.244 e. The number of hydrogen-bond donors (Lipinski definition) is 0. The third-order valence-electron chi connectivity index (χ3n) is 1.24. The third-order valence-corrected chi connectivity index (χ3v) is 1.58. The van der Waals surface area contributed by atoms with Gasteiger partial charge in [0.15, 0.2) is 0 Å². The molecular weight excluding hydrogens is 162 g/mol. The summed E-state index contributed by atoms with van der Waals surface area (Å²) in [6.07, 6.45) is 4.09. The summed E-state index contributed by atoms with van der Waals surface area (Å²) in [5.41, 5.74) is 0.829. The van der Waals surface area contributed by atoms with Gasteiger partial charge in [-0.2, -0.15) is 5.26 Å². The van der Waals surface area contributed by atoms with E-state index in [1.165, 1.54) is 6.33 Å². The van der Waals surface area contributed by atoms with Gasteiger partial charge in [-0.3, -0.25) is 0 Å². The van der Waals surface area contributed by atoms with Gasteiger partial charge in [-0.15, -0.1) is 0 Å². The normalized spacial score (nSPS) is 9.09. The molecule has 0 N–H and O–H groups in total. The van der Waals surface area contributed by atoms with Gasteiger partial charge in [0.05, 0.1) is 6.07 Å². The summed E-state index contributed by atoms with van der Waals surface area (Å²) in [7, 11) is 0. The fourth-order valence-corrected chi connectivity index (χ4v) is 0.889. The Bertz CT molecular complexity index is 279. The number of aryl methyl sites for hydroxylation is 1. The smallest absolute Gasteiger partial charge is 0.135 e. The fourth-order valence-electron chi connectivity index (χ4n) is 0.702. The van der Waals surface area contributed by atoms with Crippen molar-refractivity contribution in [2.75, 3.05) is 0 Å². The molecule has 0 radical (unpaired) electrons. The maximum Gasteiger partial charge on any atom is 0.135 e. The van der Waals surface area contributed by atoms with E-state index in [0.29, 0.717) is 18.0 Å². The summed E-state index contributed by atoms with van der Waals surface area (Å²) in [6, 6.07) is 2.03. The van der Waals surface area contributed by atoms with E-state index < -0.39 is 0 Å². The van der Waals surface area contributed by atoms with E-state index in [2.05, 4.69) is 9.97 Å². The van der Waals surface area contributed by atoms with Gasteiger partial charge >= 0.3 is 0 Å². The zero-order valence-electron chi connectivity index (χ0n) is 5.79. The molecule has 0 aliphatic carbocycles. The molecule has 1 aromatic rings. The largest absolute Gasteiger partial charge is 0.244 e. The first-order chi connectivity index (χ1) is 5.34. The van der Waals surface area contributed by atoms with Crippen molar-refractivity contribution in [2.45, 2.75) is 12.8 Å². The van der Waals surface area contributed by atoms with Gasteiger partial charge < -0.3 is 0 Å². The summed E-state index contributed by atoms with van der Waals surface area (Å²) in [5.74, 6) is 0. The highest BCUT2D eigenvalue weighted by atomic mass is 35.5. The van der Waals surface area contributed by atoms with Crippen molar-refractivity contribution in [1.29, 1.82) is 5.26 Å². The van der Waals surface area contributed by atoms with E-state index in [-0.39, 0.29) is 0 Å². The van der Waals surface area contributed by atoms with E-state index >= 15 is 0 Å². The zero-order chi connectivity index (χ0) is 8.10. The van der Waals surface area contributed by atoms with Gasteiger partial charge in [-0.1, -0.05) is 11.6 Å². The Morgan fingerprint density at radius 1 is 1.64 bits per heavy atom. The monoisotopic (exact) mass is 167 g/mol. The molecule has 0 aliphatic heterocycles. The van der Waals surface area contributed by atoms with Crippen LogP contribution in [0.1, 0.15) is 12.0 Å². The van der Waals surface area contributed by atoms with Crippen LogP contribution in [0.3, 0.4) is 0 Å². The summed E-state index contributed by atoms with van der Waals surface area (Å²) in [5, 5.41) is 8.72. The molecule has 0 fully saturated rings. The van der Waals surface area contributed by atoms with Crippen LogP contribution < -0.4 is 0 Å². The van der Waals surface area contributed by atoms with Crippen molar-refractivity contribution < 1.29 is 0 Å². The van der Waals surface area contributed by atoms with Crippen LogP contribution in [-0.2, 0) is 6.42 Å². The van der Waals surface area contributed by atoms with Crippen LogP contribution in [-0.4, -0.2) is 9.97 Å². The first-order valence-corrected chi connectivity index (χ1v) is 3.53. The van der Waals surface area contributed by atoms with Gasteiger partial charge in [-0.05, 0) is 6.42 Å². The van der Waals surface area contributed by atoms with E-state index in [0.717, 1.165) is 5.56 Å². The van der Waals surface area contributed by atoms with Crippen molar-refractivity contribution in [3.8, 4) is 6.07 Å². The van der Waals surface area contributed by atoms with Crippen LogP contribution in [0.5, 0.6) is 0 Å². The molecule has 0 bridgehead atoms. The molecule has 56 valence electrons. The molecular formula is C7H6ClN3. The minimum absolute atomic E-state index is 0.440. The zero-order valence-corrected chi connectivity index (χ0v) is 6.54. The van der Waals surface area contributed by atoms with Crippen molar-refractivity contribution in [1.82, 2.24) is 9.97 Å². The summed E-state index contributed by atoms with van der Waals surface area (Å²) < 4.78 is 0. The van der Waals surface area contributed by atoms with Gasteiger partial charge in [0.1, 0.15) is 11.5 Å². The van der Waals surface area contributed by atoms with E-state index in [1.807, 2.05) is 6.07 Å². The molecule has 0 aliphatic rings. The van der Waals surface area contributed by atoms with Gasteiger partial charge in [0.2, 0.25) is 0 Å². The Hall–Kier alpha value is -1.14. The van der Waals surface area contributed by atoms with Crippen molar-refractivity contribution in [3.63, 3.8) is 0 Å². The Morgan fingerprint density at radius 3 is 3.09 bits per heavy atom. The Balaban J connectivity index is 2.71. The van der Waals surface area contributed by atoms with E-state index in [1.54, 1.807) is 6.20 Å². The average molecular weight is 168 g/mol. The Labute approximate surface area is 69.7 Å². The highest BCUT2D eigenvalue weighted by Gasteiger charge is 1.98. The molecule has 1 rings (SSSR count). The maximum absolute atomic E-state index is 8.28. The second-order valence-corrected chi connectivity index (χ2v) is 2.35. The van der Waals surface area contributed by atoms with Crippen LogP contribution in [0.25, 0.3) is 0 Å². The highest BCUT2D eigenvalue weighted by Crippen LogP contribution is 2.11. The molecule has 0 aromatic carbocycles. The molecule has 0 saturated carbocycles. The fraction of sp³-hybridized carbons (Fsp3) is 0.286. The quantitative estimate of drug-likeness (QED) is 0.629. The predicted octanol–water partition coefficient (Wildman–Crippen LogP) is 1.59. The van der Waals surface area contributed by atoms with Crippen LogP contribution in [0.4, 0.5) is 0 Å². The lowest BCUT2D eigenvalue weighted by Gasteiger charge is -1.96. The molecule has 0 saturated heterocycles. The lowest BCUT2D eigenvalue weighted by atomic mass is 10.2. The third kappa shape index (κ3) is 2.17. The molecule has 0 unspecified atom stereocenters. The van der Waals surface area contributed by atoms with Crippen LogP contribution in [0.15, 0.2) is 12.5 Å². The Morgan fingerprint density at radius 2 is 2.45 bits per heavy atom. The molecule has 3 nitrogen and oxygen atoms in total. The van der Waals surface area contributed by atoms with Gasteiger partial charge in [0.25, 0.3) is 0 Å². The minimum atomic E-state index is 0.440. The molecule has 11 heavy (non-hydrogen) atoms. The molecule has 0 amide bonds. The van der Waals surface area contributed by atoms with Gasteiger partial charge in [-0.25, -0.2) is 9.97 Å². The van der Waals surface area contributed by atoms with Crippen LogP contribution in [0, 0.1) is 11.3 Å². The molecule has 1 heterocycles. The molecule has 0 atom stereocenters. The van der Waals surface area contributed by atoms with Crippen molar-refractivity contribution in [3.05, 3.63) is 23.2 Å². The molecule has 1 aromatic heterocycles. The number of nitriles is 1. The van der Waals surface area contributed by atoms with Crippen molar-refractivity contribution >= 4 is 11.6 Å². The Kier molecular flexibility index (Phi) is 2.82. The number of halogens is 1. The van der Waals surface area contributed by atoms with Crippen LogP contribution in [0.2, 0.25) is 5.15 Å². The lowest BCUT2D eigenvalue weighted by molar-refractivity contribution is 0.971.